The van der Waals surface area contributed by atoms with Crippen LogP contribution in [0.15, 0.2) is 36.5 Å². The zero-order valence-corrected chi connectivity index (χ0v) is 22.6. The molecular weight excluding hydrogens is 593 g/mol. The average Bonchev–Trinajstić information content (AvgIpc) is 3.37. The number of nitrogens with zero attached hydrogens (tertiary/aromatic N) is 4. The Morgan fingerprint density at radius 2 is 1.65 bits per heavy atom. The van der Waals surface area contributed by atoms with Crippen LogP contribution in [0, 0.1) is 17.5 Å². The monoisotopic (exact) mass is 617 g/mol. The summed E-state index contributed by atoms with van der Waals surface area (Å²) in [5.41, 5.74) is -2.99. The molecule has 1 aliphatic rings. The van der Waals surface area contributed by atoms with E-state index in [-0.39, 0.29) is 65.5 Å². The zero-order valence-electron chi connectivity index (χ0n) is 22.6. The molecule has 2 atom stereocenters. The number of aliphatic hydroxyl groups excluding tert-OH is 1. The third kappa shape index (κ3) is 5.82. The molecule has 0 spiro atoms. The van der Waals surface area contributed by atoms with Crippen LogP contribution in [0.3, 0.4) is 0 Å². The number of imidazole rings is 1. The van der Waals surface area contributed by atoms with E-state index in [1.54, 1.807) is 18.7 Å². The number of nitrogens with one attached hydrogen (secondary N) is 1. The zero-order chi connectivity index (χ0) is 31.4. The first-order valence-electron chi connectivity index (χ1n) is 13.1. The Bertz CT molecular complexity index is 1640. The lowest BCUT2D eigenvalue weighted by molar-refractivity contribution is -0.138. The molecule has 15 heteroatoms. The van der Waals surface area contributed by atoms with Gasteiger partial charge in [-0.3, -0.25) is 0 Å². The van der Waals surface area contributed by atoms with Crippen LogP contribution in [0.4, 0.5) is 51.3 Å². The van der Waals surface area contributed by atoms with E-state index < -0.39 is 53.1 Å². The molecule has 0 saturated carbocycles. The summed E-state index contributed by atoms with van der Waals surface area (Å²) >= 11 is 0. The van der Waals surface area contributed by atoms with Crippen molar-refractivity contribution in [3.8, 4) is 11.1 Å². The normalized spacial score (nSPS) is 17.2. The number of hydrogen-bond donors (Lipinski definition) is 2. The fourth-order valence-corrected chi connectivity index (χ4v) is 5.15. The molecule has 1 unspecified atom stereocenters. The Labute approximate surface area is 238 Å². The Kier molecular flexibility index (Phi) is 7.73. The number of aromatic amines is 1. The van der Waals surface area contributed by atoms with Gasteiger partial charge < -0.3 is 19.9 Å². The van der Waals surface area contributed by atoms with Gasteiger partial charge in [-0.05, 0) is 54.8 Å². The number of piperazine rings is 1. The molecule has 2 N–H and O–H groups in total. The molecule has 2 aromatic heterocycles. The first-order chi connectivity index (χ1) is 20.1. The van der Waals surface area contributed by atoms with E-state index in [2.05, 4.69) is 15.0 Å². The van der Waals surface area contributed by atoms with Crippen LogP contribution >= 0.6 is 0 Å². The minimum absolute atomic E-state index is 0.0256. The van der Waals surface area contributed by atoms with Crippen molar-refractivity contribution in [2.75, 3.05) is 29.4 Å². The highest BCUT2D eigenvalue weighted by Crippen LogP contribution is 2.40. The number of pyridine rings is 1. The molecule has 0 aliphatic carbocycles. The quantitative estimate of drug-likeness (QED) is 0.183. The summed E-state index contributed by atoms with van der Waals surface area (Å²) in [6, 6.07) is 2.91. The highest BCUT2D eigenvalue weighted by molar-refractivity contribution is 5.94. The van der Waals surface area contributed by atoms with Crippen LogP contribution < -0.4 is 9.80 Å². The van der Waals surface area contributed by atoms with Crippen LogP contribution in [0.2, 0.25) is 0 Å². The fourth-order valence-electron chi connectivity index (χ4n) is 5.15. The maximum atomic E-state index is 14.0. The number of H-pyrrole nitrogens is 1. The minimum Gasteiger partial charge on any atom is -0.388 e. The molecule has 0 amide bonds. The molecular formula is C28H24F9N5O. The molecule has 4 aromatic rings. The molecule has 5 rings (SSSR count). The smallest absolute Gasteiger partial charge is 0.388 e. The van der Waals surface area contributed by atoms with Crippen molar-refractivity contribution in [1.82, 2.24) is 15.0 Å². The Morgan fingerprint density at radius 3 is 2.23 bits per heavy atom. The second kappa shape index (κ2) is 10.9. The van der Waals surface area contributed by atoms with Crippen LogP contribution in [-0.2, 0) is 12.4 Å². The van der Waals surface area contributed by atoms with Gasteiger partial charge in [0.05, 0.1) is 28.3 Å². The maximum Gasteiger partial charge on any atom is 0.419 e. The summed E-state index contributed by atoms with van der Waals surface area (Å²) in [4.78, 5) is 14.2. The number of rotatable bonds is 5. The Balaban J connectivity index is 1.51. The molecule has 3 heterocycles. The van der Waals surface area contributed by atoms with Gasteiger partial charge >= 0.3 is 12.4 Å². The number of benzene rings is 2. The summed E-state index contributed by atoms with van der Waals surface area (Å²) < 4.78 is 125. The van der Waals surface area contributed by atoms with E-state index in [4.69, 9.17) is 0 Å². The van der Waals surface area contributed by atoms with Gasteiger partial charge in [0.25, 0.3) is 0 Å². The lowest BCUT2D eigenvalue weighted by atomic mass is 10.0. The first-order valence-corrected chi connectivity index (χ1v) is 13.1. The van der Waals surface area contributed by atoms with E-state index in [0.29, 0.717) is 18.2 Å². The molecule has 0 bridgehead atoms. The van der Waals surface area contributed by atoms with Gasteiger partial charge in [-0.1, -0.05) is 6.92 Å². The molecule has 2 aromatic carbocycles. The maximum absolute atomic E-state index is 14.0. The topological polar surface area (TPSA) is 68.3 Å². The predicted molar refractivity (Wildman–Crippen MR) is 140 cm³/mol. The Hall–Kier alpha value is -4.01. The fraction of sp³-hybridized carbons (Fsp3) is 0.357. The number of anilines is 2. The molecule has 230 valence electrons. The standard InChI is InChI=1S/C28H24F9N5O/c1-3-22(43)15-6-18(28(35,36)37)25(38-11-15)41-4-5-42(13(2)12-41)26-39-21-10-16(27(32,33)34)9-17(24(21)40-26)14-7-19(29)23(31)20(30)8-14/h6-11,13,22,43H,3-5,12H2,1-2H3,(H,39,40)/t13-,22?/m1/s1. The summed E-state index contributed by atoms with van der Waals surface area (Å²) in [6.45, 7) is 3.43. The van der Waals surface area contributed by atoms with Crippen LogP contribution in [0.5, 0.6) is 0 Å². The third-order valence-corrected chi connectivity index (χ3v) is 7.36. The molecule has 1 saturated heterocycles. The lowest BCUT2D eigenvalue weighted by Gasteiger charge is -2.41. The highest BCUT2D eigenvalue weighted by Gasteiger charge is 2.39. The van der Waals surface area contributed by atoms with Gasteiger partial charge in [0.2, 0.25) is 5.95 Å². The van der Waals surface area contributed by atoms with E-state index in [9.17, 15) is 44.6 Å². The molecule has 43 heavy (non-hydrogen) atoms. The molecule has 1 aliphatic heterocycles. The SMILES string of the molecule is CCC(O)c1cnc(N2CCN(c3nc4c(-c5cc(F)c(F)c(F)c5)cc(C(F)(F)F)cc4[nH]3)[C@H](C)C2)c(C(F)(F)F)c1. The predicted octanol–water partition coefficient (Wildman–Crippen LogP) is 7.24. The van der Waals surface area contributed by atoms with Crippen LogP contribution in [0.1, 0.15) is 43.1 Å². The lowest BCUT2D eigenvalue weighted by Crippen LogP contribution is -2.53. The number of alkyl halides is 6. The molecule has 1 fully saturated rings. The summed E-state index contributed by atoms with van der Waals surface area (Å²) in [6.07, 6.45) is -9.32. The van der Waals surface area contributed by atoms with Crippen molar-refractivity contribution in [2.45, 2.75) is 44.8 Å². The van der Waals surface area contributed by atoms with E-state index in [0.717, 1.165) is 12.1 Å². The largest absolute Gasteiger partial charge is 0.419 e. The number of hydrogen-bond acceptors (Lipinski definition) is 5. The number of halogens is 9. The van der Waals surface area contributed by atoms with Crippen molar-refractivity contribution in [2.24, 2.45) is 0 Å². The van der Waals surface area contributed by atoms with Gasteiger partial charge in [0.1, 0.15) is 5.82 Å². The van der Waals surface area contributed by atoms with Gasteiger partial charge in [-0.25, -0.2) is 23.1 Å². The summed E-state index contributed by atoms with van der Waals surface area (Å²) in [7, 11) is 0. The van der Waals surface area contributed by atoms with E-state index in [1.807, 2.05) is 0 Å². The first kappa shape index (κ1) is 30.4. The second-order valence-electron chi connectivity index (χ2n) is 10.3. The van der Waals surface area contributed by atoms with E-state index >= 15 is 0 Å². The number of fused-ring (bicyclic) bond motifs is 1. The highest BCUT2D eigenvalue weighted by atomic mass is 19.4. The number of aliphatic hydroxyl groups is 1. The van der Waals surface area contributed by atoms with Gasteiger partial charge in [-0.15, -0.1) is 0 Å². The van der Waals surface area contributed by atoms with Gasteiger partial charge in [-0.2, -0.15) is 26.3 Å². The average molecular weight is 618 g/mol. The summed E-state index contributed by atoms with van der Waals surface area (Å²) in [5, 5.41) is 10.0. The van der Waals surface area contributed by atoms with Crippen molar-refractivity contribution in [1.29, 1.82) is 0 Å². The van der Waals surface area contributed by atoms with E-state index in [1.165, 1.54) is 11.1 Å². The van der Waals surface area contributed by atoms with Gasteiger partial charge in [0.15, 0.2) is 17.5 Å². The van der Waals surface area contributed by atoms with Crippen molar-refractivity contribution < 1.29 is 44.6 Å². The molecule has 0 radical (unpaired) electrons. The van der Waals surface area contributed by atoms with Crippen LogP contribution in [0.25, 0.3) is 22.2 Å². The Morgan fingerprint density at radius 1 is 0.977 bits per heavy atom. The summed E-state index contributed by atoms with van der Waals surface area (Å²) in [5.74, 6) is -5.21. The second-order valence-corrected chi connectivity index (χ2v) is 10.3. The van der Waals surface area contributed by atoms with Crippen molar-refractivity contribution in [3.63, 3.8) is 0 Å². The van der Waals surface area contributed by atoms with Gasteiger partial charge in [0, 0.05) is 37.4 Å². The minimum atomic E-state index is -4.84. The van der Waals surface area contributed by atoms with Crippen LogP contribution in [-0.4, -0.2) is 45.7 Å². The third-order valence-electron chi connectivity index (χ3n) is 7.36. The van der Waals surface area contributed by atoms with Crippen molar-refractivity contribution >= 4 is 22.8 Å². The number of aromatic nitrogens is 3. The molecule has 6 nitrogen and oxygen atoms in total. The van der Waals surface area contributed by atoms with Crippen molar-refractivity contribution in [3.05, 3.63) is 70.7 Å².